The highest BCUT2D eigenvalue weighted by Gasteiger charge is 1.95. The summed E-state index contributed by atoms with van der Waals surface area (Å²) in [7, 11) is 0. The second-order valence-corrected chi connectivity index (χ2v) is 2.44. The number of pyridine rings is 1. The van der Waals surface area contributed by atoms with Crippen LogP contribution in [0.2, 0.25) is 0 Å². The highest BCUT2D eigenvalue weighted by atomic mass is 16.5. The molecule has 11 heavy (non-hydrogen) atoms. The van der Waals surface area contributed by atoms with Gasteiger partial charge in [0.25, 0.3) is 0 Å². The van der Waals surface area contributed by atoms with Crippen LogP contribution >= 0.6 is 0 Å². The summed E-state index contributed by atoms with van der Waals surface area (Å²) in [6, 6.07) is 1.99. The van der Waals surface area contributed by atoms with E-state index in [1.165, 1.54) is 11.1 Å². The van der Waals surface area contributed by atoms with E-state index in [0.717, 1.165) is 6.61 Å². The molecular formula is C9H13NO. The number of hydrogen-bond donors (Lipinski definition) is 0. The molecule has 0 aliphatic carbocycles. The normalized spacial score (nSPS) is 10.0. The molecule has 1 rings (SSSR count). The van der Waals surface area contributed by atoms with Crippen molar-refractivity contribution in [2.75, 3.05) is 6.61 Å². The minimum Gasteiger partial charge on any atom is -0.377 e. The van der Waals surface area contributed by atoms with Crippen LogP contribution in [0, 0.1) is 6.92 Å². The lowest BCUT2D eigenvalue weighted by atomic mass is 10.2. The fourth-order valence-electron chi connectivity index (χ4n) is 0.860. The minimum atomic E-state index is 0.677. The second-order valence-electron chi connectivity index (χ2n) is 2.44. The standard InChI is InChI=1S/C9H13NO/c1-3-11-7-9-6-10-5-4-8(9)2/h4-6H,3,7H2,1-2H3. The number of ether oxygens (including phenoxy) is 1. The SMILES string of the molecule is CCOCc1cnccc1C. The van der Waals surface area contributed by atoms with Crippen LogP contribution in [0.1, 0.15) is 18.1 Å². The van der Waals surface area contributed by atoms with Gasteiger partial charge in [-0.15, -0.1) is 0 Å². The minimum absolute atomic E-state index is 0.677. The maximum absolute atomic E-state index is 5.26. The molecule has 0 radical (unpaired) electrons. The molecule has 0 unspecified atom stereocenters. The Bertz CT molecular complexity index is 223. The fraction of sp³-hybridized carbons (Fsp3) is 0.444. The summed E-state index contributed by atoms with van der Waals surface area (Å²) < 4.78 is 5.26. The van der Waals surface area contributed by atoms with Gasteiger partial charge >= 0.3 is 0 Å². The predicted octanol–water partition coefficient (Wildman–Crippen LogP) is 1.93. The van der Waals surface area contributed by atoms with E-state index in [2.05, 4.69) is 11.9 Å². The van der Waals surface area contributed by atoms with E-state index in [1.807, 2.05) is 19.2 Å². The summed E-state index contributed by atoms with van der Waals surface area (Å²) in [6.45, 7) is 5.49. The first kappa shape index (κ1) is 8.21. The highest BCUT2D eigenvalue weighted by Crippen LogP contribution is 2.05. The summed E-state index contributed by atoms with van der Waals surface area (Å²) in [4.78, 5) is 4.02. The third kappa shape index (κ3) is 2.31. The molecule has 0 N–H and O–H groups in total. The molecule has 1 aromatic rings. The van der Waals surface area contributed by atoms with Crippen molar-refractivity contribution in [2.24, 2.45) is 0 Å². The van der Waals surface area contributed by atoms with Crippen LogP contribution in [0.25, 0.3) is 0 Å². The van der Waals surface area contributed by atoms with Gasteiger partial charge < -0.3 is 4.74 Å². The summed E-state index contributed by atoms with van der Waals surface area (Å²) in [5.41, 5.74) is 2.42. The molecule has 0 atom stereocenters. The van der Waals surface area contributed by atoms with Gasteiger partial charge in [-0.1, -0.05) is 0 Å². The molecule has 60 valence electrons. The lowest BCUT2D eigenvalue weighted by Gasteiger charge is -2.03. The quantitative estimate of drug-likeness (QED) is 0.658. The molecule has 0 saturated heterocycles. The maximum atomic E-state index is 5.26. The largest absolute Gasteiger partial charge is 0.377 e. The van der Waals surface area contributed by atoms with Crippen molar-refractivity contribution in [3.05, 3.63) is 29.6 Å². The average molecular weight is 151 g/mol. The smallest absolute Gasteiger partial charge is 0.0734 e. The van der Waals surface area contributed by atoms with Crippen molar-refractivity contribution in [3.63, 3.8) is 0 Å². The third-order valence-corrected chi connectivity index (χ3v) is 1.61. The summed E-state index contributed by atoms with van der Waals surface area (Å²) in [6.07, 6.45) is 3.65. The molecule has 2 heteroatoms. The van der Waals surface area contributed by atoms with Gasteiger partial charge in [-0.05, 0) is 31.0 Å². The predicted molar refractivity (Wildman–Crippen MR) is 44.3 cm³/mol. The molecule has 0 aromatic carbocycles. The van der Waals surface area contributed by atoms with Crippen LogP contribution < -0.4 is 0 Å². The van der Waals surface area contributed by atoms with Crippen molar-refractivity contribution in [1.82, 2.24) is 4.98 Å². The molecule has 0 bridgehead atoms. The molecule has 0 saturated carbocycles. The number of hydrogen-bond acceptors (Lipinski definition) is 2. The topological polar surface area (TPSA) is 22.1 Å². The average Bonchev–Trinajstić information content (AvgIpc) is 2.03. The lowest BCUT2D eigenvalue weighted by Crippen LogP contribution is -1.94. The number of nitrogens with zero attached hydrogens (tertiary/aromatic N) is 1. The molecule has 0 aliphatic rings. The second kappa shape index (κ2) is 4.09. The molecule has 0 spiro atoms. The van der Waals surface area contributed by atoms with E-state index in [-0.39, 0.29) is 0 Å². The molecule has 0 amide bonds. The molecule has 0 fully saturated rings. The Kier molecular flexibility index (Phi) is 3.05. The Morgan fingerprint density at radius 2 is 2.36 bits per heavy atom. The van der Waals surface area contributed by atoms with Crippen LogP contribution in [0.4, 0.5) is 0 Å². The first-order valence-electron chi connectivity index (χ1n) is 3.82. The number of rotatable bonds is 3. The van der Waals surface area contributed by atoms with Gasteiger partial charge in [-0.25, -0.2) is 0 Å². The van der Waals surface area contributed by atoms with Crippen LogP contribution in [0.3, 0.4) is 0 Å². The van der Waals surface area contributed by atoms with Gasteiger partial charge in [0.05, 0.1) is 6.61 Å². The van der Waals surface area contributed by atoms with Gasteiger partial charge in [0, 0.05) is 19.0 Å². The van der Waals surface area contributed by atoms with Gasteiger partial charge in [0.1, 0.15) is 0 Å². The number of aryl methyl sites for hydroxylation is 1. The van der Waals surface area contributed by atoms with Gasteiger partial charge in [0.15, 0.2) is 0 Å². The first-order valence-corrected chi connectivity index (χ1v) is 3.82. The van der Waals surface area contributed by atoms with Crippen LogP contribution in [0.15, 0.2) is 18.5 Å². The van der Waals surface area contributed by atoms with Crippen molar-refractivity contribution < 1.29 is 4.74 Å². The van der Waals surface area contributed by atoms with Gasteiger partial charge in [0.2, 0.25) is 0 Å². The van der Waals surface area contributed by atoms with Crippen molar-refractivity contribution >= 4 is 0 Å². The zero-order valence-electron chi connectivity index (χ0n) is 7.00. The van der Waals surface area contributed by atoms with E-state index in [9.17, 15) is 0 Å². The fourth-order valence-corrected chi connectivity index (χ4v) is 0.860. The van der Waals surface area contributed by atoms with E-state index in [4.69, 9.17) is 4.74 Å². The molecule has 1 heterocycles. The Labute approximate surface area is 67.2 Å². The van der Waals surface area contributed by atoms with Crippen molar-refractivity contribution in [3.8, 4) is 0 Å². The lowest BCUT2D eigenvalue weighted by molar-refractivity contribution is 0.133. The third-order valence-electron chi connectivity index (χ3n) is 1.61. The molecular weight excluding hydrogens is 138 g/mol. The van der Waals surface area contributed by atoms with Gasteiger partial charge in [-0.3, -0.25) is 4.98 Å². The van der Waals surface area contributed by atoms with E-state index in [0.29, 0.717) is 6.61 Å². The van der Waals surface area contributed by atoms with Crippen molar-refractivity contribution in [2.45, 2.75) is 20.5 Å². The molecule has 1 aromatic heterocycles. The van der Waals surface area contributed by atoms with Crippen molar-refractivity contribution in [1.29, 1.82) is 0 Å². The first-order chi connectivity index (χ1) is 5.34. The number of aromatic nitrogens is 1. The Hall–Kier alpha value is -0.890. The zero-order chi connectivity index (χ0) is 8.10. The highest BCUT2D eigenvalue weighted by molar-refractivity contribution is 5.20. The van der Waals surface area contributed by atoms with Crippen LogP contribution in [0.5, 0.6) is 0 Å². The molecule has 0 aliphatic heterocycles. The Balaban J connectivity index is 2.62. The Morgan fingerprint density at radius 1 is 1.55 bits per heavy atom. The van der Waals surface area contributed by atoms with Crippen LogP contribution in [-0.2, 0) is 11.3 Å². The monoisotopic (exact) mass is 151 g/mol. The molecule has 2 nitrogen and oxygen atoms in total. The van der Waals surface area contributed by atoms with E-state index in [1.54, 1.807) is 6.20 Å². The maximum Gasteiger partial charge on any atom is 0.0734 e. The summed E-state index contributed by atoms with van der Waals surface area (Å²) in [5, 5.41) is 0. The van der Waals surface area contributed by atoms with E-state index < -0.39 is 0 Å². The summed E-state index contributed by atoms with van der Waals surface area (Å²) in [5.74, 6) is 0. The van der Waals surface area contributed by atoms with Gasteiger partial charge in [-0.2, -0.15) is 0 Å². The van der Waals surface area contributed by atoms with E-state index >= 15 is 0 Å². The Morgan fingerprint density at radius 3 is 3.00 bits per heavy atom. The zero-order valence-corrected chi connectivity index (χ0v) is 7.00. The van der Waals surface area contributed by atoms with Crippen LogP contribution in [-0.4, -0.2) is 11.6 Å². The summed E-state index contributed by atoms with van der Waals surface area (Å²) >= 11 is 0.